The molecular formula is C13H16BrF2NO2S. The van der Waals surface area contributed by atoms with E-state index in [9.17, 15) is 17.2 Å². The van der Waals surface area contributed by atoms with Gasteiger partial charge in [0.15, 0.2) is 0 Å². The van der Waals surface area contributed by atoms with Gasteiger partial charge in [0.1, 0.15) is 16.5 Å². The fraction of sp³-hybridized carbons (Fsp3) is 0.538. The summed E-state index contributed by atoms with van der Waals surface area (Å²) in [6, 6.07) is 1.26. The van der Waals surface area contributed by atoms with E-state index in [2.05, 4.69) is 20.7 Å². The van der Waals surface area contributed by atoms with Crippen LogP contribution in [0.25, 0.3) is 0 Å². The topological polar surface area (TPSA) is 46.2 Å². The van der Waals surface area contributed by atoms with Crippen molar-refractivity contribution in [3.05, 3.63) is 28.2 Å². The monoisotopic (exact) mass is 367 g/mol. The molecule has 1 atom stereocenters. The minimum absolute atomic E-state index is 0.113. The van der Waals surface area contributed by atoms with E-state index in [0.29, 0.717) is 12.5 Å². The standard InChI is InChI=1S/C13H16BrF2NO2S/c1-13(2)5-3-4-11(13)17-20(18,19)12-9(14)6-8(15)7-10(12)16/h6-7,11,17H,3-5H2,1-2H3. The third kappa shape index (κ3) is 3.04. The van der Waals surface area contributed by atoms with Gasteiger partial charge in [0, 0.05) is 16.6 Å². The Hall–Kier alpha value is -0.530. The van der Waals surface area contributed by atoms with Crippen molar-refractivity contribution in [1.82, 2.24) is 4.72 Å². The van der Waals surface area contributed by atoms with E-state index in [-0.39, 0.29) is 15.9 Å². The lowest BCUT2D eigenvalue weighted by molar-refractivity contribution is 0.312. The average molecular weight is 368 g/mol. The molecule has 0 saturated heterocycles. The van der Waals surface area contributed by atoms with Gasteiger partial charge >= 0.3 is 0 Å². The Morgan fingerprint density at radius 2 is 2.00 bits per heavy atom. The van der Waals surface area contributed by atoms with Crippen LogP contribution in [-0.2, 0) is 10.0 Å². The van der Waals surface area contributed by atoms with Crippen molar-refractivity contribution in [2.24, 2.45) is 5.41 Å². The fourth-order valence-corrected chi connectivity index (χ4v) is 5.19. The quantitative estimate of drug-likeness (QED) is 0.887. The van der Waals surface area contributed by atoms with Crippen molar-refractivity contribution in [2.75, 3.05) is 0 Å². The highest BCUT2D eigenvalue weighted by Crippen LogP contribution is 2.38. The summed E-state index contributed by atoms with van der Waals surface area (Å²) in [5.74, 6) is -1.92. The molecule has 1 aromatic carbocycles. The van der Waals surface area contributed by atoms with Crippen LogP contribution in [0.3, 0.4) is 0 Å². The van der Waals surface area contributed by atoms with Crippen LogP contribution in [0.2, 0.25) is 0 Å². The van der Waals surface area contributed by atoms with Gasteiger partial charge in [0.25, 0.3) is 0 Å². The van der Waals surface area contributed by atoms with Gasteiger partial charge in [-0.25, -0.2) is 21.9 Å². The third-order valence-corrected chi connectivity index (χ3v) is 6.22. The van der Waals surface area contributed by atoms with Gasteiger partial charge in [-0.1, -0.05) is 20.3 Å². The first-order chi connectivity index (χ1) is 9.13. The number of hydrogen-bond acceptors (Lipinski definition) is 2. The summed E-state index contributed by atoms with van der Waals surface area (Å²) >= 11 is 2.91. The van der Waals surface area contributed by atoms with Gasteiger partial charge < -0.3 is 0 Å². The molecule has 0 amide bonds. The summed E-state index contributed by atoms with van der Waals surface area (Å²) in [6.07, 6.45) is 2.55. The molecule has 0 heterocycles. The Kier molecular flexibility index (Phi) is 4.24. The van der Waals surface area contributed by atoms with E-state index in [4.69, 9.17) is 0 Å². The average Bonchev–Trinajstić information content (AvgIpc) is 2.55. The Labute approximate surface area is 125 Å². The zero-order valence-corrected chi connectivity index (χ0v) is 13.6. The maximum atomic E-state index is 13.8. The zero-order valence-electron chi connectivity index (χ0n) is 11.2. The van der Waals surface area contributed by atoms with Crippen molar-refractivity contribution in [3.8, 4) is 0 Å². The van der Waals surface area contributed by atoms with Crippen molar-refractivity contribution in [3.63, 3.8) is 0 Å². The summed E-state index contributed by atoms with van der Waals surface area (Å²) in [7, 11) is -4.03. The molecule has 1 aromatic rings. The molecule has 20 heavy (non-hydrogen) atoms. The molecule has 0 bridgehead atoms. The molecule has 1 aliphatic rings. The molecule has 1 unspecified atom stereocenters. The van der Waals surface area contributed by atoms with Gasteiger partial charge in [-0.2, -0.15) is 0 Å². The number of sulfonamides is 1. The Bertz CT molecular complexity index is 608. The molecule has 3 nitrogen and oxygen atoms in total. The second-order valence-electron chi connectivity index (χ2n) is 5.75. The molecular weight excluding hydrogens is 352 g/mol. The molecule has 0 aliphatic heterocycles. The van der Waals surface area contributed by atoms with Crippen LogP contribution < -0.4 is 4.72 Å². The summed E-state index contributed by atoms with van der Waals surface area (Å²) in [5.41, 5.74) is -0.171. The van der Waals surface area contributed by atoms with E-state index >= 15 is 0 Å². The number of halogens is 3. The lowest BCUT2D eigenvalue weighted by Crippen LogP contribution is -2.41. The highest BCUT2D eigenvalue weighted by molar-refractivity contribution is 9.10. The van der Waals surface area contributed by atoms with E-state index in [1.807, 2.05) is 13.8 Å². The van der Waals surface area contributed by atoms with Crippen LogP contribution in [0.4, 0.5) is 8.78 Å². The maximum Gasteiger partial charge on any atom is 0.244 e. The smallest absolute Gasteiger partial charge is 0.207 e. The predicted molar refractivity (Wildman–Crippen MR) is 75.8 cm³/mol. The minimum atomic E-state index is -4.03. The molecule has 0 aromatic heterocycles. The first kappa shape index (κ1) is 15.9. The molecule has 1 fully saturated rings. The predicted octanol–water partition coefficient (Wildman–Crippen LogP) is 3.58. The summed E-state index contributed by atoms with van der Waals surface area (Å²) in [6.45, 7) is 3.95. The lowest BCUT2D eigenvalue weighted by atomic mass is 9.88. The van der Waals surface area contributed by atoms with Gasteiger partial charge in [-0.15, -0.1) is 0 Å². The van der Waals surface area contributed by atoms with Crippen molar-refractivity contribution >= 4 is 26.0 Å². The lowest BCUT2D eigenvalue weighted by Gasteiger charge is -2.27. The molecule has 7 heteroatoms. The molecule has 0 spiro atoms. The van der Waals surface area contributed by atoms with Crippen molar-refractivity contribution in [1.29, 1.82) is 0 Å². The number of hydrogen-bond donors (Lipinski definition) is 1. The van der Waals surface area contributed by atoms with E-state index in [1.165, 1.54) is 0 Å². The Morgan fingerprint density at radius 3 is 2.50 bits per heavy atom. The van der Waals surface area contributed by atoms with Crippen LogP contribution in [0.1, 0.15) is 33.1 Å². The van der Waals surface area contributed by atoms with Crippen LogP contribution in [-0.4, -0.2) is 14.5 Å². The van der Waals surface area contributed by atoms with Crippen LogP contribution in [0.5, 0.6) is 0 Å². The fourth-order valence-electron chi connectivity index (χ4n) is 2.58. The number of nitrogens with one attached hydrogen (secondary N) is 1. The van der Waals surface area contributed by atoms with Crippen molar-refractivity contribution in [2.45, 2.75) is 44.0 Å². The van der Waals surface area contributed by atoms with Crippen LogP contribution >= 0.6 is 15.9 Å². The van der Waals surface area contributed by atoms with E-state index in [0.717, 1.165) is 18.9 Å². The minimum Gasteiger partial charge on any atom is -0.207 e. The van der Waals surface area contributed by atoms with Gasteiger partial charge in [0.2, 0.25) is 10.0 Å². The van der Waals surface area contributed by atoms with Crippen LogP contribution in [0, 0.1) is 17.0 Å². The van der Waals surface area contributed by atoms with Crippen molar-refractivity contribution < 1.29 is 17.2 Å². The normalized spacial score (nSPS) is 22.1. The number of rotatable bonds is 3. The van der Waals surface area contributed by atoms with Gasteiger partial charge in [0.05, 0.1) is 0 Å². The van der Waals surface area contributed by atoms with Gasteiger partial charge in [-0.3, -0.25) is 0 Å². The van der Waals surface area contributed by atoms with E-state index in [1.54, 1.807) is 0 Å². The molecule has 112 valence electrons. The molecule has 1 N–H and O–H groups in total. The highest BCUT2D eigenvalue weighted by Gasteiger charge is 2.38. The Balaban J connectivity index is 2.37. The van der Waals surface area contributed by atoms with E-state index < -0.39 is 26.6 Å². The zero-order chi connectivity index (χ0) is 15.1. The first-order valence-electron chi connectivity index (χ1n) is 6.30. The Morgan fingerprint density at radius 1 is 1.35 bits per heavy atom. The largest absolute Gasteiger partial charge is 0.244 e. The first-order valence-corrected chi connectivity index (χ1v) is 8.58. The summed E-state index contributed by atoms with van der Waals surface area (Å²) < 4.78 is 53.9. The van der Waals surface area contributed by atoms with Gasteiger partial charge in [-0.05, 0) is 40.3 Å². The highest BCUT2D eigenvalue weighted by atomic mass is 79.9. The second-order valence-corrected chi connectivity index (χ2v) is 8.26. The molecule has 1 saturated carbocycles. The number of benzene rings is 1. The third-order valence-electron chi connectivity index (χ3n) is 3.79. The molecule has 2 rings (SSSR count). The molecule has 1 aliphatic carbocycles. The summed E-state index contributed by atoms with van der Waals surface area (Å²) in [4.78, 5) is -0.540. The maximum absolute atomic E-state index is 13.8. The molecule has 0 radical (unpaired) electrons. The SMILES string of the molecule is CC1(C)CCCC1NS(=O)(=O)c1c(F)cc(F)cc1Br. The van der Waals surface area contributed by atoms with Crippen LogP contribution in [0.15, 0.2) is 21.5 Å². The summed E-state index contributed by atoms with van der Waals surface area (Å²) in [5, 5.41) is 0. The second kappa shape index (κ2) is 5.35.